The van der Waals surface area contributed by atoms with Crippen LogP contribution in [0.4, 0.5) is 5.95 Å². The maximum absolute atomic E-state index is 12.2. The minimum atomic E-state index is 0.203. The van der Waals surface area contributed by atoms with Crippen molar-refractivity contribution in [3.05, 3.63) is 52.3 Å². The summed E-state index contributed by atoms with van der Waals surface area (Å²) < 4.78 is 0.849. The molecule has 1 aliphatic heterocycles. The van der Waals surface area contributed by atoms with Gasteiger partial charge in [-0.15, -0.1) is 0 Å². The van der Waals surface area contributed by atoms with E-state index < -0.39 is 0 Å². The third-order valence-electron chi connectivity index (χ3n) is 3.66. The number of nitrogens with one attached hydrogen (secondary N) is 1. The van der Waals surface area contributed by atoms with Crippen LogP contribution < -0.4 is 5.32 Å². The molecule has 0 bridgehead atoms. The lowest BCUT2D eigenvalue weighted by Gasteiger charge is -2.15. The van der Waals surface area contributed by atoms with Gasteiger partial charge < -0.3 is 10.2 Å². The van der Waals surface area contributed by atoms with E-state index in [2.05, 4.69) is 43.3 Å². The number of fused-ring (bicyclic) bond motifs is 1. The summed E-state index contributed by atoms with van der Waals surface area (Å²) in [5.74, 6) is 0.791. The zero-order valence-electron chi connectivity index (χ0n) is 12.1. The Labute approximate surface area is 137 Å². The Morgan fingerprint density at radius 3 is 2.45 bits per heavy atom. The largest absolute Gasteiger partial charge is 0.354 e. The lowest BCUT2D eigenvalue weighted by Crippen LogP contribution is -2.25. The molecule has 1 amide bonds. The summed E-state index contributed by atoms with van der Waals surface area (Å²) in [5.41, 5.74) is 2.52. The second-order valence-electron chi connectivity index (χ2n) is 5.27. The van der Waals surface area contributed by atoms with E-state index in [0.717, 1.165) is 24.0 Å². The van der Waals surface area contributed by atoms with E-state index in [1.54, 1.807) is 12.4 Å². The van der Waals surface area contributed by atoms with Gasteiger partial charge in [-0.05, 0) is 33.5 Å². The van der Waals surface area contributed by atoms with E-state index in [0.29, 0.717) is 18.9 Å². The van der Waals surface area contributed by atoms with Crippen molar-refractivity contribution in [3.63, 3.8) is 0 Å². The smallest absolute Gasteiger partial charge is 0.223 e. The molecule has 0 unspecified atom stereocenters. The molecule has 0 saturated heterocycles. The van der Waals surface area contributed by atoms with Crippen LogP contribution >= 0.6 is 15.9 Å². The SMILES string of the molecule is O=C(CCCNc1ncc(Br)cn1)N1Cc2ccccc2C1. The highest BCUT2D eigenvalue weighted by Crippen LogP contribution is 2.22. The predicted molar refractivity (Wildman–Crippen MR) is 88.2 cm³/mol. The van der Waals surface area contributed by atoms with Crippen molar-refractivity contribution >= 4 is 27.8 Å². The Kier molecular flexibility index (Phi) is 4.68. The van der Waals surface area contributed by atoms with Gasteiger partial charge in [0.25, 0.3) is 0 Å². The number of rotatable bonds is 5. The van der Waals surface area contributed by atoms with Crippen LogP contribution in [0.25, 0.3) is 0 Å². The Morgan fingerprint density at radius 2 is 1.82 bits per heavy atom. The molecule has 22 heavy (non-hydrogen) atoms. The summed E-state index contributed by atoms with van der Waals surface area (Å²) in [6.45, 7) is 2.16. The predicted octanol–water partition coefficient (Wildman–Crippen LogP) is 2.97. The Balaban J connectivity index is 1.41. The Bertz CT molecular complexity index is 634. The lowest BCUT2D eigenvalue weighted by atomic mass is 10.1. The van der Waals surface area contributed by atoms with E-state index >= 15 is 0 Å². The number of aromatic nitrogens is 2. The molecular formula is C16H17BrN4O. The van der Waals surface area contributed by atoms with Gasteiger partial charge in [0.05, 0.1) is 4.47 Å². The topological polar surface area (TPSA) is 58.1 Å². The fraction of sp³-hybridized carbons (Fsp3) is 0.312. The first-order valence-electron chi connectivity index (χ1n) is 7.28. The summed E-state index contributed by atoms with van der Waals surface area (Å²) in [6, 6.07) is 8.23. The molecule has 0 saturated carbocycles. The molecule has 0 aliphatic carbocycles. The zero-order chi connectivity index (χ0) is 15.4. The van der Waals surface area contributed by atoms with Gasteiger partial charge in [0.2, 0.25) is 11.9 Å². The van der Waals surface area contributed by atoms with Gasteiger partial charge in [0, 0.05) is 38.4 Å². The molecule has 0 radical (unpaired) electrons. The number of halogens is 1. The Morgan fingerprint density at radius 1 is 1.18 bits per heavy atom. The zero-order valence-corrected chi connectivity index (χ0v) is 13.7. The van der Waals surface area contributed by atoms with Crippen molar-refractivity contribution in [2.45, 2.75) is 25.9 Å². The number of benzene rings is 1. The van der Waals surface area contributed by atoms with Gasteiger partial charge in [0.15, 0.2) is 0 Å². The fourth-order valence-electron chi connectivity index (χ4n) is 2.51. The number of carbonyl (C=O) groups is 1. The fourth-order valence-corrected chi connectivity index (χ4v) is 2.72. The first kappa shape index (κ1) is 15.0. The average molecular weight is 361 g/mol. The van der Waals surface area contributed by atoms with Crippen LogP contribution in [-0.2, 0) is 17.9 Å². The summed E-state index contributed by atoms with van der Waals surface area (Å²) >= 11 is 3.29. The minimum absolute atomic E-state index is 0.203. The van der Waals surface area contributed by atoms with Gasteiger partial charge in [-0.3, -0.25) is 4.79 Å². The highest BCUT2D eigenvalue weighted by molar-refractivity contribution is 9.10. The van der Waals surface area contributed by atoms with Crippen molar-refractivity contribution in [2.24, 2.45) is 0 Å². The molecule has 0 atom stereocenters. The van der Waals surface area contributed by atoms with Gasteiger partial charge in [-0.2, -0.15) is 0 Å². The number of anilines is 1. The molecule has 0 spiro atoms. The molecule has 1 aliphatic rings. The second kappa shape index (κ2) is 6.87. The number of amides is 1. The third kappa shape index (κ3) is 3.62. The molecule has 1 aromatic heterocycles. The van der Waals surface area contributed by atoms with E-state index in [-0.39, 0.29) is 5.91 Å². The van der Waals surface area contributed by atoms with Crippen molar-refractivity contribution in [2.75, 3.05) is 11.9 Å². The minimum Gasteiger partial charge on any atom is -0.354 e. The quantitative estimate of drug-likeness (QED) is 0.832. The average Bonchev–Trinajstić information content (AvgIpc) is 2.97. The van der Waals surface area contributed by atoms with Crippen LogP contribution in [0.15, 0.2) is 41.1 Å². The molecule has 2 aromatic rings. The molecule has 3 rings (SSSR count). The van der Waals surface area contributed by atoms with Gasteiger partial charge >= 0.3 is 0 Å². The normalized spacial score (nSPS) is 13.0. The van der Waals surface area contributed by atoms with Crippen molar-refractivity contribution < 1.29 is 4.79 Å². The van der Waals surface area contributed by atoms with Crippen LogP contribution in [0.3, 0.4) is 0 Å². The molecule has 2 heterocycles. The summed E-state index contributed by atoms with van der Waals surface area (Å²) in [5, 5.41) is 3.12. The molecule has 1 N–H and O–H groups in total. The van der Waals surface area contributed by atoms with Gasteiger partial charge in [-0.1, -0.05) is 24.3 Å². The third-order valence-corrected chi connectivity index (χ3v) is 4.07. The van der Waals surface area contributed by atoms with Crippen LogP contribution in [0.1, 0.15) is 24.0 Å². The van der Waals surface area contributed by atoms with E-state index in [1.807, 2.05) is 17.0 Å². The van der Waals surface area contributed by atoms with Crippen LogP contribution in [0.5, 0.6) is 0 Å². The number of nitrogens with zero attached hydrogens (tertiary/aromatic N) is 3. The number of hydrogen-bond acceptors (Lipinski definition) is 4. The summed E-state index contributed by atoms with van der Waals surface area (Å²) in [4.78, 5) is 22.4. The second-order valence-corrected chi connectivity index (χ2v) is 6.19. The molecular weight excluding hydrogens is 344 g/mol. The van der Waals surface area contributed by atoms with E-state index in [1.165, 1.54) is 11.1 Å². The van der Waals surface area contributed by atoms with Crippen molar-refractivity contribution in [1.82, 2.24) is 14.9 Å². The highest BCUT2D eigenvalue weighted by Gasteiger charge is 2.22. The van der Waals surface area contributed by atoms with E-state index in [9.17, 15) is 4.79 Å². The Hall–Kier alpha value is -1.95. The standard InChI is InChI=1S/C16H17BrN4O/c17-14-8-19-16(20-9-14)18-7-3-6-15(22)21-10-12-4-1-2-5-13(12)11-21/h1-2,4-5,8-9H,3,6-7,10-11H2,(H,18,19,20). The molecule has 5 nitrogen and oxygen atoms in total. The van der Waals surface area contributed by atoms with Crippen molar-refractivity contribution in [3.8, 4) is 0 Å². The van der Waals surface area contributed by atoms with Crippen LogP contribution in [-0.4, -0.2) is 27.3 Å². The molecule has 114 valence electrons. The van der Waals surface area contributed by atoms with Crippen LogP contribution in [0, 0.1) is 0 Å². The maximum atomic E-state index is 12.2. The summed E-state index contributed by atoms with van der Waals surface area (Å²) in [7, 11) is 0. The van der Waals surface area contributed by atoms with Gasteiger partial charge in [0.1, 0.15) is 0 Å². The molecule has 1 aromatic carbocycles. The molecule has 0 fully saturated rings. The first-order valence-corrected chi connectivity index (χ1v) is 8.07. The van der Waals surface area contributed by atoms with E-state index in [4.69, 9.17) is 0 Å². The number of carbonyl (C=O) groups excluding carboxylic acids is 1. The number of hydrogen-bond donors (Lipinski definition) is 1. The lowest BCUT2D eigenvalue weighted by molar-refractivity contribution is -0.131. The summed E-state index contributed by atoms with van der Waals surface area (Å²) in [6.07, 6.45) is 4.70. The van der Waals surface area contributed by atoms with Crippen molar-refractivity contribution in [1.29, 1.82) is 0 Å². The maximum Gasteiger partial charge on any atom is 0.223 e. The first-order chi connectivity index (χ1) is 10.7. The van der Waals surface area contributed by atoms with Crippen LogP contribution in [0.2, 0.25) is 0 Å². The monoisotopic (exact) mass is 360 g/mol. The molecule has 6 heteroatoms. The van der Waals surface area contributed by atoms with Gasteiger partial charge in [-0.25, -0.2) is 9.97 Å². The highest BCUT2D eigenvalue weighted by atomic mass is 79.9.